The standard InChI is InChI=1S/C41H43N7O2/c1-3-38(49)48-22-21-47(26-33(48)15-18-42)40-34-17-20-46(37-14-8-13-32-12-7-9-29(2)39(32)37)27-36(34)44-41(35(40)23-43)50-28-31-16-19-45(25-31)24-30-10-5-4-6-11-30/h3-14,31,33H,1,15-17,19-22,24-28H2,2H3/t31?,33-/m0/s1. The number of hydrogen-bond donors (Lipinski definition) is 0. The third kappa shape index (κ3) is 6.62. The van der Waals surface area contributed by atoms with Crippen molar-refractivity contribution >= 4 is 28.1 Å². The molecule has 254 valence electrons. The zero-order valence-electron chi connectivity index (χ0n) is 28.7. The van der Waals surface area contributed by atoms with Crippen molar-refractivity contribution in [2.45, 2.75) is 45.3 Å². The lowest BCUT2D eigenvalue weighted by molar-refractivity contribution is -0.128. The minimum Gasteiger partial charge on any atom is -0.476 e. The number of aryl methyl sites for hydroxylation is 1. The van der Waals surface area contributed by atoms with Crippen LogP contribution in [-0.4, -0.2) is 72.6 Å². The highest BCUT2D eigenvalue weighted by molar-refractivity contribution is 5.97. The Hall–Kier alpha value is -5.38. The fourth-order valence-electron chi connectivity index (χ4n) is 8.04. The molecule has 1 unspecified atom stereocenters. The zero-order chi connectivity index (χ0) is 34.6. The van der Waals surface area contributed by atoms with Gasteiger partial charge in [0.1, 0.15) is 11.6 Å². The van der Waals surface area contributed by atoms with E-state index in [0.29, 0.717) is 56.6 Å². The van der Waals surface area contributed by atoms with Gasteiger partial charge in [-0.25, -0.2) is 4.98 Å². The SMILES string of the molecule is C=CC(=O)N1CCN(c2c(C#N)c(OCC3CCN(Cc4ccccc4)C3)nc3c2CCN(c2cccc4cccc(C)c24)C3)C[C@@H]1CC#N. The van der Waals surface area contributed by atoms with Gasteiger partial charge < -0.3 is 19.4 Å². The summed E-state index contributed by atoms with van der Waals surface area (Å²) < 4.78 is 6.55. The number of fused-ring (bicyclic) bond motifs is 2. The van der Waals surface area contributed by atoms with Crippen LogP contribution in [0.1, 0.15) is 40.8 Å². The van der Waals surface area contributed by atoms with Gasteiger partial charge >= 0.3 is 0 Å². The third-order valence-corrected chi connectivity index (χ3v) is 10.5. The van der Waals surface area contributed by atoms with Crippen LogP contribution in [0.3, 0.4) is 0 Å². The predicted octanol–water partition coefficient (Wildman–Crippen LogP) is 6.00. The summed E-state index contributed by atoms with van der Waals surface area (Å²) >= 11 is 0. The van der Waals surface area contributed by atoms with Gasteiger partial charge in [0.2, 0.25) is 11.8 Å². The number of amides is 1. The average molecular weight is 666 g/mol. The number of anilines is 2. The van der Waals surface area contributed by atoms with E-state index in [2.05, 4.69) is 101 Å². The summed E-state index contributed by atoms with van der Waals surface area (Å²) in [5.41, 5.74) is 6.95. The van der Waals surface area contributed by atoms with Crippen LogP contribution in [0.5, 0.6) is 5.88 Å². The molecule has 9 heteroatoms. The Balaban J connectivity index is 1.21. The topological polar surface area (TPSA) is 99.7 Å². The zero-order valence-corrected chi connectivity index (χ0v) is 28.7. The third-order valence-electron chi connectivity index (χ3n) is 10.5. The summed E-state index contributed by atoms with van der Waals surface area (Å²) in [7, 11) is 0. The fourth-order valence-corrected chi connectivity index (χ4v) is 8.04. The number of benzene rings is 3. The monoisotopic (exact) mass is 665 g/mol. The summed E-state index contributed by atoms with van der Waals surface area (Å²) in [6.07, 6.45) is 3.25. The Morgan fingerprint density at radius 2 is 1.82 bits per heavy atom. The van der Waals surface area contributed by atoms with E-state index in [1.807, 2.05) is 6.07 Å². The molecule has 2 fully saturated rings. The lowest BCUT2D eigenvalue weighted by Crippen LogP contribution is -2.55. The van der Waals surface area contributed by atoms with Gasteiger partial charge in [0, 0.05) is 61.8 Å². The molecule has 4 aromatic rings. The first-order chi connectivity index (χ1) is 24.5. The quantitative estimate of drug-likeness (QED) is 0.201. The molecule has 0 aliphatic carbocycles. The van der Waals surface area contributed by atoms with E-state index in [1.165, 1.54) is 33.7 Å². The van der Waals surface area contributed by atoms with Crippen LogP contribution in [0.15, 0.2) is 79.4 Å². The largest absolute Gasteiger partial charge is 0.476 e. The Labute approximate surface area is 294 Å². The Morgan fingerprint density at radius 1 is 1.00 bits per heavy atom. The Kier molecular flexibility index (Phi) is 9.69. The van der Waals surface area contributed by atoms with E-state index in [0.717, 1.165) is 49.5 Å². The molecule has 1 amide bonds. The molecule has 0 saturated carbocycles. The van der Waals surface area contributed by atoms with Gasteiger partial charge in [-0.1, -0.05) is 67.2 Å². The highest BCUT2D eigenvalue weighted by atomic mass is 16.5. The highest BCUT2D eigenvalue weighted by Gasteiger charge is 2.35. The van der Waals surface area contributed by atoms with Crippen molar-refractivity contribution in [3.05, 3.63) is 107 Å². The Morgan fingerprint density at radius 3 is 2.60 bits per heavy atom. The molecule has 2 atom stereocenters. The number of nitrogens with zero attached hydrogens (tertiary/aromatic N) is 7. The molecular formula is C41H43N7O2. The first-order valence-electron chi connectivity index (χ1n) is 17.6. The normalized spacial score (nSPS) is 19.1. The smallest absolute Gasteiger partial charge is 0.246 e. The maximum Gasteiger partial charge on any atom is 0.246 e. The van der Waals surface area contributed by atoms with Crippen LogP contribution in [0, 0.1) is 35.5 Å². The van der Waals surface area contributed by atoms with Crippen LogP contribution < -0.4 is 14.5 Å². The van der Waals surface area contributed by atoms with Crippen molar-refractivity contribution < 1.29 is 9.53 Å². The summed E-state index contributed by atoms with van der Waals surface area (Å²) in [5.74, 6) is 0.528. The first kappa shape index (κ1) is 33.1. The number of pyridine rings is 1. The maximum atomic E-state index is 12.7. The number of hydrogen-bond acceptors (Lipinski definition) is 8. The number of carbonyl (C=O) groups excluding carboxylic acids is 1. The van der Waals surface area contributed by atoms with Crippen molar-refractivity contribution in [1.82, 2.24) is 14.8 Å². The second-order valence-corrected chi connectivity index (χ2v) is 13.7. The molecule has 3 aliphatic heterocycles. The maximum absolute atomic E-state index is 12.7. The number of piperazine rings is 1. The molecule has 3 aromatic carbocycles. The number of carbonyl (C=O) groups is 1. The van der Waals surface area contributed by atoms with Crippen LogP contribution >= 0.6 is 0 Å². The number of ether oxygens (including phenoxy) is 1. The summed E-state index contributed by atoms with van der Waals surface area (Å²) in [5, 5.41) is 22.8. The molecular weight excluding hydrogens is 622 g/mol. The molecule has 2 saturated heterocycles. The van der Waals surface area contributed by atoms with Crippen molar-refractivity contribution in [1.29, 1.82) is 10.5 Å². The first-order valence-corrected chi connectivity index (χ1v) is 17.6. The minimum absolute atomic E-state index is 0.176. The average Bonchev–Trinajstić information content (AvgIpc) is 3.60. The molecule has 4 heterocycles. The van der Waals surface area contributed by atoms with Crippen molar-refractivity contribution in [3.63, 3.8) is 0 Å². The molecule has 0 radical (unpaired) electrons. The van der Waals surface area contributed by atoms with Gasteiger partial charge in [0.25, 0.3) is 0 Å². The second-order valence-electron chi connectivity index (χ2n) is 13.7. The van der Waals surface area contributed by atoms with Crippen molar-refractivity contribution in [3.8, 4) is 18.0 Å². The van der Waals surface area contributed by atoms with Gasteiger partial charge in [-0.15, -0.1) is 0 Å². The van der Waals surface area contributed by atoms with Crippen LogP contribution in [0.2, 0.25) is 0 Å². The molecule has 9 nitrogen and oxygen atoms in total. The van der Waals surface area contributed by atoms with Crippen LogP contribution in [-0.2, 0) is 24.3 Å². The molecule has 7 rings (SSSR count). The van der Waals surface area contributed by atoms with E-state index >= 15 is 0 Å². The molecule has 0 N–H and O–H groups in total. The van der Waals surface area contributed by atoms with Crippen molar-refractivity contribution in [2.75, 3.05) is 55.7 Å². The summed E-state index contributed by atoms with van der Waals surface area (Å²) in [6, 6.07) is 27.8. The van der Waals surface area contributed by atoms with Crippen molar-refractivity contribution in [2.24, 2.45) is 5.92 Å². The predicted molar refractivity (Wildman–Crippen MR) is 196 cm³/mol. The van der Waals surface area contributed by atoms with Gasteiger partial charge in [-0.2, -0.15) is 10.5 Å². The number of nitriles is 2. The number of aromatic nitrogens is 1. The van der Waals surface area contributed by atoms with Gasteiger partial charge in [-0.05, 0) is 55.0 Å². The Bertz CT molecular complexity index is 1980. The van der Waals surface area contributed by atoms with Gasteiger partial charge in [0.15, 0.2) is 0 Å². The van der Waals surface area contributed by atoms with Crippen LogP contribution in [0.4, 0.5) is 11.4 Å². The number of rotatable bonds is 9. The summed E-state index contributed by atoms with van der Waals surface area (Å²) in [6.45, 7) is 11.9. The molecule has 3 aliphatic rings. The summed E-state index contributed by atoms with van der Waals surface area (Å²) in [4.78, 5) is 26.6. The fraction of sp³-hybridized carbons (Fsp3) is 0.366. The molecule has 0 bridgehead atoms. The van der Waals surface area contributed by atoms with E-state index in [-0.39, 0.29) is 18.4 Å². The van der Waals surface area contributed by atoms with Gasteiger partial charge in [-0.3, -0.25) is 9.69 Å². The highest BCUT2D eigenvalue weighted by Crippen LogP contribution is 2.40. The minimum atomic E-state index is -0.313. The molecule has 50 heavy (non-hydrogen) atoms. The van der Waals surface area contributed by atoms with Gasteiger partial charge in [0.05, 0.1) is 43.1 Å². The molecule has 1 aromatic heterocycles. The lowest BCUT2D eigenvalue weighted by Gasteiger charge is -2.43. The number of likely N-dealkylation sites (tertiary alicyclic amines) is 1. The van der Waals surface area contributed by atoms with E-state index in [9.17, 15) is 15.3 Å². The molecule has 0 spiro atoms. The van der Waals surface area contributed by atoms with E-state index in [4.69, 9.17) is 9.72 Å². The van der Waals surface area contributed by atoms with E-state index < -0.39 is 0 Å². The van der Waals surface area contributed by atoms with Crippen LogP contribution in [0.25, 0.3) is 10.8 Å². The lowest BCUT2D eigenvalue weighted by atomic mass is 9.95. The van der Waals surface area contributed by atoms with E-state index in [1.54, 1.807) is 4.90 Å². The second kappa shape index (κ2) is 14.6.